The first-order chi connectivity index (χ1) is 6.41. The van der Waals surface area contributed by atoms with Gasteiger partial charge in [-0.05, 0) is 20.1 Å². The monoisotopic (exact) mass is 218 g/mol. The number of nitrogens with two attached hydrogens (primary N) is 1. The third-order valence-corrected chi connectivity index (χ3v) is 3.41. The highest BCUT2D eigenvalue weighted by Crippen LogP contribution is 2.10. The Morgan fingerprint density at radius 3 is 2.29 bits per heavy atom. The Morgan fingerprint density at radius 1 is 1.43 bits per heavy atom. The van der Waals surface area contributed by atoms with Crippen LogP contribution in [0.1, 0.15) is 20.8 Å². The van der Waals surface area contributed by atoms with E-state index in [-0.39, 0.29) is 23.9 Å². The van der Waals surface area contributed by atoms with E-state index in [1.807, 2.05) is 27.2 Å². The summed E-state index contributed by atoms with van der Waals surface area (Å²) in [5, 5.41) is 0. The van der Waals surface area contributed by atoms with E-state index in [1.54, 1.807) is 16.7 Å². The van der Waals surface area contributed by atoms with Gasteiger partial charge in [-0.3, -0.25) is 4.79 Å². The summed E-state index contributed by atoms with van der Waals surface area (Å²) >= 11 is 1.75. The van der Waals surface area contributed by atoms with Crippen molar-refractivity contribution >= 4 is 17.7 Å². The molecule has 0 aromatic heterocycles. The SMILES string of the molecule is CSCC(C)N(C)C(=O)C(C)C(C)N. The van der Waals surface area contributed by atoms with E-state index in [0.29, 0.717) is 0 Å². The van der Waals surface area contributed by atoms with Crippen molar-refractivity contribution in [1.82, 2.24) is 4.90 Å². The average Bonchev–Trinajstić information content (AvgIpc) is 2.14. The number of carbonyl (C=O) groups is 1. The fraction of sp³-hybridized carbons (Fsp3) is 0.900. The molecule has 0 aromatic carbocycles. The van der Waals surface area contributed by atoms with Crippen molar-refractivity contribution in [1.29, 1.82) is 0 Å². The molecule has 3 unspecified atom stereocenters. The zero-order valence-corrected chi connectivity index (χ0v) is 10.6. The quantitative estimate of drug-likeness (QED) is 0.754. The highest BCUT2D eigenvalue weighted by Gasteiger charge is 2.23. The molecule has 0 saturated carbocycles. The maximum Gasteiger partial charge on any atom is 0.226 e. The number of rotatable bonds is 5. The van der Waals surface area contributed by atoms with Gasteiger partial charge in [0.25, 0.3) is 0 Å². The van der Waals surface area contributed by atoms with Crippen LogP contribution in [-0.4, -0.2) is 41.9 Å². The fourth-order valence-corrected chi connectivity index (χ4v) is 1.82. The van der Waals surface area contributed by atoms with Crippen LogP contribution in [0.25, 0.3) is 0 Å². The number of nitrogens with zero attached hydrogens (tertiary/aromatic N) is 1. The summed E-state index contributed by atoms with van der Waals surface area (Å²) in [5.41, 5.74) is 5.70. The summed E-state index contributed by atoms with van der Waals surface area (Å²) in [5.74, 6) is 1.01. The van der Waals surface area contributed by atoms with Crippen LogP contribution < -0.4 is 5.73 Å². The van der Waals surface area contributed by atoms with E-state index < -0.39 is 0 Å². The summed E-state index contributed by atoms with van der Waals surface area (Å²) in [4.78, 5) is 13.6. The minimum absolute atomic E-state index is 0.0774. The molecule has 2 N–H and O–H groups in total. The average molecular weight is 218 g/mol. The molecule has 3 nitrogen and oxygen atoms in total. The predicted octanol–water partition coefficient (Wildman–Crippen LogP) is 1.18. The number of amides is 1. The van der Waals surface area contributed by atoms with E-state index in [1.165, 1.54) is 0 Å². The van der Waals surface area contributed by atoms with Crippen molar-refractivity contribution in [3.63, 3.8) is 0 Å². The second kappa shape index (κ2) is 6.30. The molecule has 0 rings (SSSR count). The van der Waals surface area contributed by atoms with Crippen LogP contribution in [0.3, 0.4) is 0 Å². The molecule has 0 aliphatic rings. The number of hydrogen-bond donors (Lipinski definition) is 1. The van der Waals surface area contributed by atoms with Crippen molar-refractivity contribution in [2.75, 3.05) is 19.1 Å². The van der Waals surface area contributed by atoms with E-state index in [4.69, 9.17) is 5.73 Å². The summed E-state index contributed by atoms with van der Waals surface area (Å²) in [6.45, 7) is 5.81. The summed E-state index contributed by atoms with van der Waals surface area (Å²) < 4.78 is 0. The van der Waals surface area contributed by atoms with Crippen LogP contribution in [0.4, 0.5) is 0 Å². The second-order valence-corrected chi connectivity index (χ2v) is 4.81. The van der Waals surface area contributed by atoms with Crippen molar-refractivity contribution < 1.29 is 4.79 Å². The Kier molecular flexibility index (Phi) is 6.20. The van der Waals surface area contributed by atoms with Crippen LogP contribution in [0.2, 0.25) is 0 Å². The van der Waals surface area contributed by atoms with Gasteiger partial charge in [-0.15, -0.1) is 0 Å². The maximum absolute atomic E-state index is 11.8. The molecule has 4 heteroatoms. The molecular weight excluding hydrogens is 196 g/mol. The van der Waals surface area contributed by atoms with Crippen molar-refractivity contribution in [3.05, 3.63) is 0 Å². The normalized spacial score (nSPS) is 17.3. The Bertz CT molecular complexity index is 185. The molecule has 0 spiro atoms. The van der Waals surface area contributed by atoms with Crippen molar-refractivity contribution in [3.8, 4) is 0 Å². The lowest BCUT2D eigenvalue weighted by atomic mass is 10.0. The van der Waals surface area contributed by atoms with Crippen molar-refractivity contribution in [2.45, 2.75) is 32.9 Å². The standard InChI is InChI=1S/C10H22N2OS/c1-7(6-14-5)12(4)10(13)8(2)9(3)11/h7-9H,6,11H2,1-5H3. The molecule has 0 radical (unpaired) electrons. The largest absolute Gasteiger partial charge is 0.342 e. The maximum atomic E-state index is 11.8. The van der Waals surface area contributed by atoms with Gasteiger partial charge >= 0.3 is 0 Å². The highest BCUT2D eigenvalue weighted by molar-refractivity contribution is 7.98. The predicted molar refractivity (Wildman–Crippen MR) is 63.4 cm³/mol. The van der Waals surface area contributed by atoms with Gasteiger partial charge in [0.05, 0.1) is 5.92 Å². The first-order valence-corrected chi connectivity index (χ1v) is 6.32. The smallest absolute Gasteiger partial charge is 0.226 e. The van der Waals surface area contributed by atoms with Crippen LogP contribution in [0.5, 0.6) is 0 Å². The summed E-state index contributed by atoms with van der Waals surface area (Å²) in [7, 11) is 1.85. The third kappa shape index (κ3) is 3.88. The zero-order chi connectivity index (χ0) is 11.3. The van der Waals surface area contributed by atoms with Gasteiger partial charge in [-0.25, -0.2) is 0 Å². The fourth-order valence-electron chi connectivity index (χ4n) is 1.12. The number of thioether (sulfide) groups is 1. The van der Waals surface area contributed by atoms with Crippen LogP contribution in [0, 0.1) is 5.92 Å². The molecule has 0 fully saturated rings. The van der Waals surface area contributed by atoms with Gasteiger partial charge in [0.1, 0.15) is 0 Å². The van der Waals surface area contributed by atoms with Crippen LogP contribution in [-0.2, 0) is 4.79 Å². The van der Waals surface area contributed by atoms with Gasteiger partial charge in [0.2, 0.25) is 5.91 Å². The molecule has 0 aromatic rings. The Labute approximate surface area is 91.4 Å². The molecule has 0 aliphatic heterocycles. The zero-order valence-electron chi connectivity index (χ0n) is 9.78. The highest BCUT2D eigenvalue weighted by atomic mass is 32.2. The van der Waals surface area contributed by atoms with E-state index in [2.05, 4.69) is 6.92 Å². The van der Waals surface area contributed by atoms with E-state index in [9.17, 15) is 4.79 Å². The molecule has 0 saturated heterocycles. The minimum Gasteiger partial charge on any atom is -0.342 e. The molecular formula is C10H22N2OS. The molecule has 0 bridgehead atoms. The van der Waals surface area contributed by atoms with Gasteiger partial charge in [0, 0.05) is 24.9 Å². The first-order valence-electron chi connectivity index (χ1n) is 4.93. The molecule has 0 heterocycles. The second-order valence-electron chi connectivity index (χ2n) is 3.90. The van der Waals surface area contributed by atoms with Gasteiger partial charge in [0.15, 0.2) is 0 Å². The lowest BCUT2D eigenvalue weighted by Gasteiger charge is -2.28. The summed E-state index contributed by atoms with van der Waals surface area (Å²) in [6.07, 6.45) is 2.05. The van der Waals surface area contributed by atoms with Gasteiger partial charge in [-0.1, -0.05) is 6.92 Å². The number of carbonyl (C=O) groups excluding carboxylic acids is 1. The van der Waals surface area contributed by atoms with Crippen molar-refractivity contribution in [2.24, 2.45) is 11.7 Å². The van der Waals surface area contributed by atoms with Crippen LogP contribution >= 0.6 is 11.8 Å². The van der Waals surface area contributed by atoms with Gasteiger partial charge < -0.3 is 10.6 Å². The molecule has 1 amide bonds. The molecule has 14 heavy (non-hydrogen) atoms. The Morgan fingerprint density at radius 2 is 1.93 bits per heavy atom. The molecule has 84 valence electrons. The molecule has 3 atom stereocenters. The number of hydrogen-bond acceptors (Lipinski definition) is 3. The van der Waals surface area contributed by atoms with E-state index in [0.717, 1.165) is 5.75 Å². The topological polar surface area (TPSA) is 46.3 Å². The first kappa shape index (κ1) is 13.8. The lowest BCUT2D eigenvalue weighted by Crippen LogP contribution is -2.44. The van der Waals surface area contributed by atoms with E-state index >= 15 is 0 Å². The van der Waals surface area contributed by atoms with Gasteiger partial charge in [-0.2, -0.15) is 11.8 Å². The minimum atomic E-state index is -0.0932. The molecule has 0 aliphatic carbocycles. The van der Waals surface area contributed by atoms with Crippen LogP contribution in [0.15, 0.2) is 0 Å². The third-order valence-electron chi connectivity index (χ3n) is 2.59. The Hall–Kier alpha value is -0.220. The lowest BCUT2D eigenvalue weighted by molar-refractivity contribution is -0.135. The summed E-state index contributed by atoms with van der Waals surface area (Å²) in [6, 6.07) is 0.199. The Balaban J connectivity index is 4.23.